The highest BCUT2D eigenvalue weighted by Gasteiger charge is 2.47. The summed E-state index contributed by atoms with van der Waals surface area (Å²) in [6, 6.07) is 10.2. The molecule has 2 heterocycles. The van der Waals surface area contributed by atoms with E-state index in [0.29, 0.717) is 17.2 Å². The number of halogens is 4. The van der Waals surface area contributed by atoms with Crippen LogP contribution in [0.4, 0.5) is 23.2 Å². The molecule has 212 valence electrons. The van der Waals surface area contributed by atoms with E-state index in [1.54, 1.807) is 19.3 Å². The number of amides is 2. The number of rotatable bonds is 8. The Morgan fingerprint density at radius 1 is 0.976 bits per heavy atom. The van der Waals surface area contributed by atoms with E-state index in [1.807, 2.05) is 0 Å². The average molecular weight is 587 g/mol. The van der Waals surface area contributed by atoms with Crippen LogP contribution in [0.2, 0.25) is 0 Å². The molecule has 1 atom stereocenters. The first-order valence-electron chi connectivity index (χ1n) is 12.3. The number of nitrogens with zero attached hydrogens (tertiary/aromatic N) is 3. The second kappa shape index (κ2) is 10.8. The summed E-state index contributed by atoms with van der Waals surface area (Å²) < 4.78 is 85.8. The van der Waals surface area contributed by atoms with E-state index in [1.165, 1.54) is 35.1 Å². The molecule has 0 saturated carbocycles. The van der Waals surface area contributed by atoms with Crippen LogP contribution >= 0.6 is 0 Å². The molecule has 1 aromatic heterocycles. The summed E-state index contributed by atoms with van der Waals surface area (Å²) in [5.41, 5.74) is 0.197. The highest BCUT2D eigenvalue weighted by Crippen LogP contribution is 2.43. The van der Waals surface area contributed by atoms with Crippen molar-refractivity contribution in [3.63, 3.8) is 0 Å². The van der Waals surface area contributed by atoms with E-state index in [9.17, 15) is 31.2 Å². The van der Waals surface area contributed by atoms with Crippen LogP contribution in [0.5, 0.6) is 0 Å². The van der Waals surface area contributed by atoms with Gasteiger partial charge in [0.1, 0.15) is 23.3 Å². The molecule has 0 radical (unpaired) electrons. The van der Waals surface area contributed by atoms with Crippen LogP contribution < -0.4 is 10.2 Å². The Bertz CT molecular complexity index is 1790. The van der Waals surface area contributed by atoms with Gasteiger partial charge in [-0.1, -0.05) is 18.2 Å². The van der Waals surface area contributed by atoms with Gasteiger partial charge in [0, 0.05) is 48.1 Å². The third-order valence-electron chi connectivity index (χ3n) is 6.65. The summed E-state index contributed by atoms with van der Waals surface area (Å²) >= 11 is 0. The topological polar surface area (TPSA) is 101 Å². The summed E-state index contributed by atoms with van der Waals surface area (Å²) in [5, 5.41) is 4.32. The van der Waals surface area contributed by atoms with E-state index in [2.05, 4.69) is 10.4 Å². The molecule has 5 rings (SSSR count). The lowest BCUT2D eigenvalue weighted by atomic mass is 10.1. The van der Waals surface area contributed by atoms with Crippen LogP contribution in [-0.2, 0) is 28.2 Å². The summed E-state index contributed by atoms with van der Waals surface area (Å²) in [4.78, 5) is 26.5. The Balaban J connectivity index is 1.39. The van der Waals surface area contributed by atoms with Gasteiger partial charge in [-0.25, -0.2) is 26.0 Å². The number of carbonyl (C=O) groups excluding carboxylic acids is 2. The molecular formula is C28H22F4N4O4S. The maximum absolute atomic E-state index is 15.1. The Morgan fingerprint density at radius 3 is 2.44 bits per heavy atom. The number of anilines is 1. The molecule has 0 spiro atoms. The molecular weight excluding hydrogens is 564 g/mol. The van der Waals surface area contributed by atoms with Crippen molar-refractivity contribution < 1.29 is 35.6 Å². The zero-order chi connectivity index (χ0) is 29.5. The van der Waals surface area contributed by atoms with Gasteiger partial charge in [-0.2, -0.15) is 5.10 Å². The van der Waals surface area contributed by atoms with Crippen molar-refractivity contribution in [3.8, 4) is 11.1 Å². The zero-order valence-corrected chi connectivity index (χ0v) is 22.3. The minimum atomic E-state index is -4.47. The number of nitrogens with one attached hydrogen (secondary N) is 1. The number of benzene rings is 3. The summed E-state index contributed by atoms with van der Waals surface area (Å²) in [6.45, 7) is -0.958. The minimum Gasteiger partial charge on any atom is -0.351 e. The molecule has 4 aromatic rings. The number of sulfone groups is 1. The highest BCUT2D eigenvalue weighted by molar-refractivity contribution is 7.92. The van der Waals surface area contributed by atoms with Crippen LogP contribution in [0.25, 0.3) is 11.1 Å². The largest absolute Gasteiger partial charge is 0.351 e. The summed E-state index contributed by atoms with van der Waals surface area (Å²) in [5.74, 6) is -6.29. The smallest absolute Gasteiger partial charge is 0.251 e. The Labute approximate surface area is 232 Å². The average Bonchev–Trinajstić information content (AvgIpc) is 3.46. The fourth-order valence-corrected chi connectivity index (χ4v) is 6.34. The van der Waals surface area contributed by atoms with Crippen molar-refractivity contribution in [3.05, 3.63) is 107 Å². The molecule has 1 aliphatic rings. The van der Waals surface area contributed by atoms with Crippen LogP contribution in [-0.4, -0.2) is 42.3 Å². The first kappa shape index (κ1) is 28.0. The lowest BCUT2D eigenvalue weighted by Crippen LogP contribution is -2.35. The molecule has 3 aromatic carbocycles. The molecule has 0 bridgehead atoms. The molecule has 0 fully saturated rings. The number of hydrogen-bond acceptors (Lipinski definition) is 5. The van der Waals surface area contributed by atoms with E-state index in [-0.39, 0.29) is 16.8 Å². The highest BCUT2D eigenvalue weighted by atomic mass is 32.2. The van der Waals surface area contributed by atoms with Gasteiger partial charge >= 0.3 is 0 Å². The van der Waals surface area contributed by atoms with Crippen molar-refractivity contribution >= 4 is 27.3 Å². The predicted octanol–water partition coefficient (Wildman–Crippen LogP) is 4.08. The maximum Gasteiger partial charge on any atom is 0.251 e. The minimum absolute atomic E-state index is 0.0120. The predicted molar refractivity (Wildman–Crippen MR) is 141 cm³/mol. The Hall–Kier alpha value is -4.52. The first-order chi connectivity index (χ1) is 19.4. The lowest BCUT2D eigenvalue weighted by Gasteiger charge is -2.19. The number of carbonyl (C=O) groups is 2. The van der Waals surface area contributed by atoms with Crippen molar-refractivity contribution in [1.29, 1.82) is 0 Å². The number of fused-ring (bicyclic) bond motifs is 1. The second-order valence-electron chi connectivity index (χ2n) is 9.47. The summed E-state index contributed by atoms with van der Waals surface area (Å²) in [7, 11) is -2.77. The molecule has 2 amide bonds. The van der Waals surface area contributed by atoms with E-state index >= 15 is 4.39 Å². The van der Waals surface area contributed by atoms with Crippen molar-refractivity contribution in [2.45, 2.75) is 11.8 Å². The van der Waals surface area contributed by atoms with Gasteiger partial charge in [-0.3, -0.25) is 14.3 Å². The lowest BCUT2D eigenvalue weighted by molar-refractivity contribution is -0.117. The van der Waals surface area contributed by atoms with Gasteiger partial charge in [0.25, 0.3) is 5.91 Å². The normalized spacial score (nSPS) is 14.8. The SMILES string of the molecule is Cn1cc(-c2ccc(CN3C(=O)C(S(=O)(=O)CCNC(=O)c4cccc(F)c4)c4c(F)cc(F)cc43)c(F)c2)cn1. The van der Waals surface area contributed by atoms with Crippen molar-refractivity contribution in [1.82, 2.24) is 15.1 Å². The third-order valence-corrected chi connectivity index (χ3v) is 8.58. The molecule has 1 N–H and O–H groups in total. The van der Waals surface area contributed by atoms with Crippen LogP contribution in [0.1, 0.15) is 26.7 Å². The van der Waals surface area contributed by atoms with Gasteiger partial charge in [0.15, 0.2) is 15.1 Å². The maximum atomic E-state index is 15.1. The Kier molecular flexibility index (Phi) is 7.39. The van der Waals surface area contributed by atoms with Gasteiger partial charge in [0.2, 0.25) is 5.91 Å². The fourth-order valence-electron chi connectivity index (χ4n) is 4.69. The fraction of sp³-hybridized carbons (Fsp3) is 0.179. The molecule has 0 saturated heterocycles. The van der Waals surface area contributed by atoms with Crippen LogP contribution in [0.3, 0.4) is 0 Å². The van der Waals surface area contributed by atoms with Crippen LogP contribution in [0, 0.1) is 23.3 Å². The number of aryl methyl sites for hydroxylation is 1. The van der Waals surface area contributed by atoms with Crippen molar-refractivity contribution in [2.75, 3.05) is 17.2 Å². The molecule has 13 heteroatoms. The van der Waals surface area contributed by atoms with Gasteiger partial charge in [-0.15, -0.1) is 0 Å². The molecule has 1 unspecified atom stereocenters. The zero-order valence-electron chi connectivity index (χ0n) is 21.4. The quantitative estimate of drug-likeness (QED) is 0.314. The number of hydrogen-bond donors (Lipinski definition) is 1. The standard InChI is InChI=1S/C28H22F4N4O4S/c1-35-14-19(13-34-35)16-5-6-18(22(31)10-16)15-36-24-12-21(30)11-23(32)25(24)26(28(36)38)41(39,40)8-7-33-27(37)17-3-2-4-20(29)9-17/h2-6,9-14,26H,7-8,15H2,1H3,(H,33,37). The molecule has 8 nitrogen and oxygen atoms in total. The first-order valence-corrected chi connectivity index (χ1v) is 14.0. The molecule has 41 heavy (non-hydrogen) atoms. The van der Waals surface area contributed by atoms with Gasteiger partial charge < -0.3 is 10.2 Å². The molecule has 0 aliphatic carbocycles. The Morgan fingerprint density at radius 2 is 1.76 bits per heavy atom. The van der Waals surface area contributed by atoms with E-state index in [0.717, 1.165) is 23.1 Å². The monoisotopic (exact) mass is 586 g/mol. The second-order valence-corrected chi connectivity index (χ2v) is 11.7. The van der Waals surface area contributed by atoms with Gasteiger partial charge in [-0.05, 0) is 35.9 Å². The number of aromatic nitrogens is 2. The molecule has 1 aliphatic heterocycles. The van der Waals surface area contributed by atoms with Gasteiger partial charge in [0.05, 0.1) is 24.2 Å². The summed E-state index contributed by atoms with van der Waals surface area (Å²) in [6.07, 6.45) is 3.21. The third kappa shape index (κ3) is 5.57. The van der Waals surface area contributed by atoms with E-state index < -0.39 is 74.6 Å². The van der Waals surface area contributed by atoms with Crippen molar-refractivity contribution in [2.24, 2.45) is 7.05 Å². The van der Waals surface area contributed by atoms with E-state index in [4.69, 9.17) is 0 Å². The van der Waals surface area contributed by atoms with Crippen LogP contribution in [0.15, 0.2) is 67.0 Å².